The number of fused-ring (bicyclic) bond motifs is 1. The molecule has 3 aromatic rings. The lowest BCUT2D eigenvalue weighted by Crippen LogP contribution is -2.36. The van der Waals surface area contributed by atoms with E-state index in [0.717, 1.165) is 40.4 Å². The molecule has 0 aliphatic carbocycles. The monoisotopic (exact) mass is 599 g/mol. The highest BCUT2D eigenvalue weighted by atomic mass is 32.2. The Labute approximate surface area is 242 Å². The summed E-state index contributed by atoms with van der Waals surface area (Å²) >= 11 is 1.08. The van der Waals surface area contributed by atoms with E-state index >= 15 is 0 Å². The van der Waals surface area contributed by atoms with Crippen molar-refractivity contribution in [2.75, 3.05) is 30.0 Å². The standard InChI is InChI=1S/C26H30F3N5O4S.H2S/c1-16-22(25(2,3)4)37-31-23(16)32-38-39-33(5)20-8-6-17-10-11-34(14-19(17)12-20)24(35)18-7-9-21(30-13-18)36-15-26(27,28)29;/h6-9,12-13H,10-11,14-15H2,1-5H3,(H,31,32);1H2. The molecule has 9 nitrogen and oxygen atoms in total. The first-order valence-corrected chi connectivity index (χ1v) is 12.9. The normalized spacial score (nSPS) is 13.3. The van der Waals surface area contributed by atoms with E-state index in [9.17, 15) is 18.0 Å². The van der Waals surface area contributed by atoms with Gasteiger partial charge in [0.1, 0.15) is 18.0 Å². The summed E-state index contributed by atoms with van der Waals surface area (Å²) in [5.74, 6) is 0.842. The van der Waals surface area contributed by atoms with Gasteiger partial charge in [-0.15, -0.1) is 0 Å². The number of pyridine rings is 1. The summed E-state index contributed by atoms with van der Waals surface area (Å²) in [5.41, 5.74) is 6.80. The highest BCUT2D eigenvalue weighted by Crippen LogP contribution is 2.31. The van der Waals surface area contributed by atoms with Crippen molar-refractivity contribution < 1.29 is 31.5 Å². The van der Waals surface area contributed by atoms with E-state index in [2.05, 4.69) is 20.4 Å². The largest absolute Gasteiger partial charge is 0.468 e. The molecule has 2 aromatic heterocycles. The first-order chi connectivity index (χ1) is 18.3. The van der Waals surface area contributed by atoms with E-state index in [1.54, 1.807) is 4.90 Å². The number of nitrogens with zero attached hydrogens (tertiary/aromatic N) is 4. The molecule has 1 aliphatic rings. The highest BCUT2D eigenvalue weighted by molar-refractivity contribution is 7.96. The van der Waals surface area contributed by atoms with Crippen LogP contribution in [0.15, 0.2) is 41.1 Å². The van der Waals surface area contributed by atoms with Gasteiger partial charge in [0.15, 0.2) is 12.4 Å². The molecule has 3 heterocycles. The van der Waals surface area contributed by atoms with Gasteiger partial charge in [-0.25, -0.2) is 10.5 Å². The highest BCUT2D eigenvalue weighted by Gasteiger charge is 2.29. The van der Waals surface area contributed by atoms with Crippen LogP contribution in [0.2, 0.25) is 0 Å². The Balaban J connectivity index is 0.00000441. The number of carbonyl (C=O) groups is 1. The van der Waals surface area contributed by atoms with Gasteiger partial charge in [-0.05, 0) is 42.7 Å². The van der Waals surface area contributed by atoms with Crippen LogP contribution in [0.3, 0.4) is 0 Å². The maximum absolute atomic E-state index is 13.0. The molecule has 0 saturated heterocycles. The minimum absolute atomic E-state index is 0. The lowest BCUT2D eigenvalue weighted by atomic mass is 9.91. The SMILES string of the molecule is Cc1c(NOSN(C)c2ccc3c(c2)CN(C(=O)c2ccc(OCC(F)(F)F)nc2)CC3)noc1C(C)(C)C.S. The quantitative estimate of drug-likeness (QED) is 0.191. The molecule has 0 saturated carbocycles. The summed E-state index contributed by atoms with van der Waals surface area (Å²) < 4.78 is 54.5. The Kier molecular flexibility index (Phi) is 9.90. The van der Waals surface area contributed by atoms with Gasteiger partial charge < -0.3 is 14.2 Å². The van der Waals surface area contributed by atoms with Gasteiger partial charge in [0.05, 0.1) is 5.56 Å². The predicted octanol–water partition coefficient (Wildman–Crippen LogP) is 5.97. The number of carbonyl (C=O) groups excluding carboxylic acids is 1. The summed E-state index contributed by atoms with van der Waals surface area (Å²) in [6, 6.07) is 8.69. The summed E-state index contributed by atoms with van der Waals surface area (Å²) in [4.78, 5) is 18.6. The maximum atomic E-state index is 13.0. The Morgan fingerprint density at radius 2 is 1.95 bits per heavy atom. The topological polar surface area (TPSA) is 93.0 Å². The third-order valence-electron chi connectivity index (χ3n) is 6.11. The number of alkyl halides is 3. The van der Waals surface area contributed by atoms with Gasteiger partial charge in [-0.3, -0.25) is 9.10 Å². The van der Waals surface area contributed by atoms with Crippen molar-refractivity contribution in [3.05, 3.63) is 64.5 Å². The molecule has 0 unspecified atom stereocenters. The molecule has 14 heteroatoms. The fourth-order valence-corrected chi connectivity index (χ4v) is 4.56. The van der Waals surface area contributed by atoms with Crippen molar-refractivity contribution in [1.29, 1.82) is 0 Å². The number of anilines is 2. The molecular formula is C26H32F3N5O4S2. The van der Waals surface area contributed by atoms with Gasteiger partial charge in [0.25, 0.3) is 5.91 Å². The average molecular weight is 600 g/mol. The molecule has 0 radical (unpaired) electrons. The van der Waals surface area contributed by atoms with Crippen LogP contribution in [0.25, 0.3) is 0 Å². The fourth-order valence-electron chi connectivity index (χ4n) is 4.13. The van der Waals surface area contributed by atoms with Crippen LogP contribution < -0.4 is 14.5 Å². The first-order valence-electron chi connectivity index (χ1n) is 12.2. The van der Waals surface area contributed by atoms with Crippen molar-refractivity contribution in [3.63, 3.8) is 0 Å². The van der Waals surface area contributed by atoms with Gasteiger partial charge in [0.2, 0.25) is 5.88 Å². The number of amides is 1. The Bertz CT molecular complexity index is 1310. The number of halogens is 3. The van der Waals surface area contributed by atoms with E-state index in [1.165, 1.54) is 18.3 Å². The number of rotatable bonds is 8. The third-order valence-corrected chi connectivity index (χ3v) is 6.70. The first kappa shape index (κ1) is 31.4. The average Bonchev–Trinajstić information content (AvgIpc) is 3.26. The molecular weight excluding hydrogens is 567 g/mol. The molecule has 0 fully saturated rings. The Hall–Kier alpha value is -3.10. The minimum atomic E-state index is -4.46. The molecule has 40 heavy (non-hydrogen) atoms. The number of hydrogen-bond donors (Lipinski definition) is 1. The van der Waals surface area contributed by atoms with Crippen molar-refractivity contribution >= 4 is 43.1 Å². The van der Waals surface area contributed by atoms with Crippen molar-refractivity contribution in [2.45, 2.75) is 52.3 Å². The van der Waals surface area contributed by atoms with E-state index in [0.29, 0.717) is 25.3 Å². The summed E-state index contributed by atoms with van der Waals surface area (Å²) in [6.07, 6.45) is -2.55. The predicted molar refractivity (Wildman–Crippen MR) is 152 cm³/mol. The van der Waals surface area contributed by atoms with Crippen molar-refractivity contribution in [1.82, 2.24) is 15.0 Å². The van der Waals surface area contributed by atoms with Crippen LogP contribution in [0.1, 0.15) is 53.6 Å². The minimum Gasteiger partial charge on any atom is -0.468 e. The molecule has 1 aliphatic heterocycles. The van der Waals surface area contributed by atoms with E-state index in [4.69, 9.17) is 8.81 Å². The van der Waals surface area contributed by atoms with Gasteiger partial charge >= 0.3 is 6.18 Å². The summed E-state index contributed by atoms with van der Waals surface area (Å²) in [5, 5.41) is 4.05. The van der Waals surface area contributed by atoms with Gasteiger partial charge in [-0.1, -0.05) is 32.0 Å². The number of ether oxygens (including phenoxy) is 1. The summed E-state index contributed by atoms with van der Waals surface area (Å²) in [7, 11) is 1.85. The molecule has 4 rings (SSSR count). The Morgan fingerprint density at radius 3 is 2.58 bits per heavy atom. The zero-order valence-electron chi connectivity index (χ0n) is 22.8. The third kappa shape index (κ3) is 7.76. The zero-order chi connectivity index (χ0) is 28.4. The zero-order valence-corrected chi connectivity index (χ0v) is 24.6. The van der Waals surface area contributed by atoms with Crippen LogP contribution in [-0.2, 0) is 22.7 Å². The van der Waals surface area contributed by atoms with Crippen LogP contribution in [0.5, 0.6) is 5.88 Å². The second kappa shape index (κ2) is 12.6. The van der Waals surface area contributed by atoms with Crippen LogP contribution in [0, 0.1) is 6.92 Å². The smallest absolute Gasteiger partial charge is 0.422 e. The number of aromatic nitrogens is 2. The molecule has 0 spiro atoms. The van der Waals surface area contributed by atoms with E-state index in [1.807, 2.05) is 57.2 Å². The molecule has 0 atom stereocenters. The van der Waals surface area contributed by atoms with Gasteiger partial charge in [0, 0.05) is 49.1 Å². The second-order valence-electron chi connectivity index (χ2n) is 10.2. The molecule has 1 amide bonds. The summed E-state index contributed by atoms with van der Waals surface area (Å²) in [6.45, 7) is 7.51. The lowest BCUT2D eigenvalue weighted by Gasteiger charge is -2.30. The second-order valence-corrected chi connectivity index (χ2v) is 11.1. The van der Waals surface area contributed by atoms with Crippen molar-refractivity contribution in [2.24, 2.45) is 0 Å². The number of hydrogen-bond acceptors (Lipinski definition) is 9. The lowest BCUT2D eigenvalue weighted by molar-refractivity contribution is -0.154. The number of benzene rings is 1. The van der Waals surface area contributed by atoms with Gasteiger partial charge in [-0.2, -0.15) is 31.0 Å². The molecule has 1 aromatic carbocycles. The van der Waals surface area contributed by atoms with Crippen LogP contribution in [-0.4, -0.2) is 47.3 Å². The molecule has 0 bridgehead atoms. The van der Waals surface area contributed by atoms with Crippen LogP contribution in [0.4, 0.5) is 24.7 Å². The van der Waals surface area contributed by atoms with E-state index < -0.39 is 12.8 Å². The van der Waals surface area contributed by atoms with E-state index in [-0.39, 0.29) is 36.3 Å². The van der Waals surface area contributed by atoms with Crippen LogP contribution >= 0.6 is 25.7 Å². The van der Waals surface area contributed by atoms with Crippen molar-refractivity contribution in [3.8, 4) is 5.88 Å². The maximum Gasteiger partial charge on any atom is 0.422 e. The Morgan fingerprint density at radius 1 is 1.20 bits per heavy atom. The number of nitrogens with one attached hydrogen (secondary N) is 1. The molecule has 218 valence electrons. The molecule has 1 N–H and O–H groups in total. The fraction of sp³-hybridized carbons (Fsp3) is 0.423.